The number of aryl methyl sites for hydroxylation is 1. The van der Waals surface area contributed by atoms with Gasteiger partial charge < -0.3 is 0 Å². The molecule has 1 saturated carbocycles. The van der Waals surface area contributed by atoms with E-state index < -0.39 is 11.9 Å². The highest BCUT2D eigenvalue weighted by atomic mass is 32.1. The van der Waals surface area contributed by atoms with E-state index >= 15 is 0 Å². The molecule has 1 aliphatic carbocycles. The fourth-order valence-electron chi connectivity index (χ4n) is 3.25. The fourth-order valence-corrected chi connectivity index (χ4v) is 4.02. The summed E-state index contributed by atoms with van der Waals surface area (Å²) in [5.41, 5.74) is 2.13. The predicted molar refractivity (Wildman–Crippen MR) is 95.8 cm³/mol. The van der Waals surface area contributed by atoms with Crippen molar-refractivity contribution in [2.45, 2.75) is 44.7 Å². The van der Waals surface area contributed by atoms with E-state index in [1.165, 1.54) is 17.4 Å². The van der Waals surface area contributed by atoms with Gasteiger partial charge in [0.1, 0.15) is 21.8 Å². The van der Waals surface area contributed by atoms with Gasteiger partial charge in [0, 0.05) is 25.2 Å². The Kier molecular flexibility index (Phi) is 4.46. The van der Waals surface area contributed by atoms with Crippen LogP contribution in [0.2, 0.25) is 0 Å². The van der Waals surface area contributed by atoms with Gasteiger partial charge in [0.15, 0.2) is 0 Å². The van der Waals surface area contributed by atoms with Gasteiger partial charge in [-0.1, -0.05) is 11.3 Å². The number of aromatic nitrogens is 3. The third-order valence-electron chi connectivity index (χ3n) is 4.54. The zero-order valence-electron chi connectivity index (χ0n) is 14.5. The molecule has 0 bridgehead atoms. The minimum atomic E-state index is -4.52. The average molecular weight is 391 g/mol. The minimum Gasteiger partial charge on any atom is -0.299 e. The summed E-state index contributed by atoms with van der Waals surface area (Å²) in [5, 5.41) is 0.930. The van der Waals surface area contributed by atoms with Gasteiger partial charge in [-0.3, -0.25) is 9.78 Å². The maximum atomic E-state index is 12.8. The molecule has 0 radical (unpaired) electrons. The highest BCUT2D eigenvalue weighted by Gasteiger charge is 2.33. The van der Waals surface area contributed by atoms with E-state index in [1.807, 2.05) is 6.92 Å². The van der Waals surface area contributed by atoms with Gasteiger partial charge in [-0.15, -0.1) is 0 Å². The van der Waals surface area contributed by atoms with Crippen molar-refractivity contribution in [3.63, 3.8) is 0 Å². The van der Waals surface area contributed by atoms with Crippen LogP contribution >= 0.6 is 11.3 Å². The van der Waals surface area contributed by atoms with Crippen molar-refractivity contribution in [3.8, 4) is 0 Å². The standard InChI is InChI=1S/C19H16F3N3OS/c1-10-25-17-16(12-2-3-12)13(9-24-18(17)27-10)8-14(26)6-11-4-5-23-15(7-11)19(20,21)22/h4-5,7,9,12H,2-3,6,8H2,1H3. The van der Waals surface area contributed by atoms with Crippen LogP contribution in [0.5, 0.6) is 0 Å². The summed E-state index contributed by atoms with van der Waals surface area (Å²) in [6.07, 6.45) is 0.507. The summed E-state index contributed by atoms with van der Waals surface area (Å²) in [4.78, 5) is 25.7. The van der Waals surface area contributed by atoms with Crippen molar-refractivity contribution in [1.82, 2.24) is 15.0 Å². The molecule has 1 fully saturated rings. The van der Waals surface area contributed by atoms with Gasteiger partial charge in [-0.05, 0) is 54.5 Å². The molecule has 0 spiro atoms. The molecule has 0 unspecified atom stereocenters. The van der Waals surface area contributed by atoms with Crippen molar-refractivity contribution in [2.75, 3.05) is 0 Å². The molecule has 27 heavy (non-hydrogen) atoms. The molecule has 1 aliphatic rings. The number of alkyl halides is 3. The van der Waals surface area contributed by atoms with Gasteiger partial charge in [-0.2, -0.15) is 13.2 Å². The average Bonchev–Trinajstić information content (AvgIpc) is 3.34. The molecule has 4 nitrogen and oxygen atoms in total. The Hall–Kier alpha value is -2.35. The van der Waals surface area contributed by atoms with Gasteiger partial charge in [0.2, 0.25) is 0 Å². The first kappa shape index (κ1) is 18.0. The van der Waals surface area contributed by atoms with Crippen LogP contribution in [0, 0.1) is 6.92 Å². The zero-order chi connectivity index (χ0) is 19.2. The van der Waals surface area contributed by atoms with Crippen LogP contribution in [-0.4, -0.2) is 20.7 Å². The zero-order valence-corrected chi connectivity index (χ0v) is 15.3. The number of Topliss-reactive ketones (excluding diaryl/α,β-unsaturated/α-hetero) is 1. The first-order chi connectivity index (χ1) is 12.8. The molecule has 8 heteroatoms. The number of nitrogens with zero attached hydrogens (tertiary/aromatic N) is 3. The molecule has 4 rings (SSSR count). The normalized spacial score (nSPS) is 14.7. The maximum absolute atomic E-state index is 12.8. The lowest BCUT2D eigenvalue weighted by Crippen LogP contribution is -2.12. The summed E-state index contributed by atoms with van der Waals surface area (Å²) >= 11 is 1.52. The Morgan fingerprint density at radius 3 is 2.74 bits per heavy atom. The Bertz CT molecular complexity index is 1020. The van der Waals surface area contributed by atoms with Crippen molar-refractivity contribution in [2.24, 2.45) is 0 Å². The van der Waals surface area contributed by atoms with Gasteiger partial charge in [-0.25, -0.2) is 9.97 Å². The molecule has 140 valence electrons. The summed E-state index contributed by atoms with van der Waals surface area (Å²) < 4.78 is 38.4. The lowest BCUT2D eigenvalue weighted by molar-refractivity contribution is -0.141. The predicted octanol–water partition coefficient (Wildman–Crippen LogP) is 4.65. The van der Waals surface area contributed by atoms with E-state index in [-0.39, 0.29) is 18.6 Å². The van der Waals surface area contributed by atoms with E-state index in [4.69, 9.17) is 0 Å². The van der Waals surface area contributed by atoms with E-state index in [2.05, 4.69) is 15.0 Å². The van der Waals surface area contributed by atoms with Crippen LogP contribution in [0.15, 0.2) is 24.5 Å². The number of fused-ring (bicyclic) bond motifs is 1. The lowest BCUT2D eigenvalue weighted by atomic mass is 9.97. The highest BCUT2D eigenvalue weighted by molar-refractivity contribution is 7.18. The minimum absolute atomic E-state index is 0.0656. The van der Waals surface area contributed by atoms with Crippen LogP contribution < -0.4 is 0 Å². The number of halogens is 3. The third-order valence-corrected chi connectivity index (χ3v) is 5.42. The molecule has 3 aromatic rings. The SMILES string of the molecule is Cc1nc2c(C3CC3)c(CC(=O)Cc3ccnc(C(F)(F)F)c3)cnc2s1. The second kappa shape index (κ2) is 6.67. The number of rotatable bonds is 5. The Morgan fingerprint density at radius 1 is 1.26 bits per heavy atom. The van der Waals surface area contributed by atoms with E-state index in [9.17, 15) is 18.0 Å². The maximum Gasteiger partial charge on any atom is 0.433 e. The number of carbonyl (C=O) groups is 1. The number of hydrogen-bond acceptors (Lipinski definition) is 5. The monoisotopic (exact) mass is 391 g/mol. The summed E-state index contributed by atoms with van der Waals surface area (Å²) in [5.74, 6) is 0.252. The van der Waals surface area contributed by atoms with Crippen molar-refractivity contribution < 1.29 is 18.0 Å². The van der Waals surface area contributed by atoms with Gasteiger partial charge in [0.25, 0.3) is 0 Å². The highest BCUT2D eigenvalue weighted by Crippen LogP contribution is 2.45. The molecule has 0 aromatic carbocycles. The summed E-state index contributed by atoms with van der Waals surface area (Å²) in [6, 6.07) is 2.38. The van der Waals surface area contributed by atoms with Crippen molar-refractivity contribution in [1.29, 1.82) is 0 Å². The van der Waals surface area contributed by atoms with Crippen LogP contribution in [0.4, 0.5) is 13.2 Å². The Labute approximate surface area is 157 Å². The van der Waals surface area contributed by atoms with Crippen LogP contribution in [0.3, 0.4) is 0 Å². The molecule has 0 saturated heterocycles. The molecule has 0 aliphatic heterocycles. The summed E-state index contributed by atoms with van der Waals surface area (Å²) in [7, 11) is 0. The smallest absolute Gasteiger partial charge is 0.299 e. The van der Waals surface area contributed by atoms with Gasteiger partial charge in [0.05, 0.1) is 5.01 Å². The van der Waals surface area contributed by atoms with Crippen LogP contribution in [0.25, 0.3) is 10.3 Å². The van der Waals surface area contributed by atoms with Crippen molar-refractivity contribution >= 4 is 27.5 Å². The molecule has 0 N–H and O–H groups in total. The van der Waals surface area contributed by atoms with E-state index in [0.717, 1.165) is 51.6 Å². The topological polar surface area (TPSA) is 55.7 Å². The number of pyridine rings is 2. The first-order valence-corrected chi connectivity index (χ1v) is 9.41. The number of carbonyl (C=O) groups excluding carboxylic acids is 1. The first-order valence-electron chi connectivity index (χ1n) is 8.60. The number of thiazole rings is 1. The quantitative estimate of drug-likeness (QED) is 0.636. The third kappa shape index (κ3) is 3.85. The summed E-state index contributed by atoms with van der Waals surface area (Å²) in [6.45, 7) is 1.93. The second-order valence-corrected chi connectivity index (χ2v) is 7.98. The van der Waals surface area contributed by atoms with E-state index in [0.29, 0.717) is 11.5 Å². The second-order valence-electron chi connectivity index (χ2n) is 6.80. The Balaban J connectivity index is 1.58. The van der Waals surface area contributed by atoms with Crippen LogP contribution in [0.1, 0.15) is 46.2 Å². The number of hydrogen-bond donors (Lipinski definition) is 0. The van der Waals surface area contributed by atoms with Crippen LogP contribution in [-0.2, 0) is 23.8 Å². The molecule has 0 atom stereocenters. The van der Waals surface area contributed by atoms with Crippen molar-refractivity contribution in [3.05, 3.63) is 51.9 Å². The molecule has 0 amide bonds. The molecular weight excluding hydrogens is 375 g/mol. The Morgan fingerprint density at radius 2 is 2.04 bits per heavy atom. The molecule has 3 aromatic heterocycles. The lowest BCUT2D eigenvalue weighted by Gasteiger charge is -2.10. The fraction of sp³-hybridized carbons (Fsp3) is 0.368. The largest absolute Gasteiger partial charge is 0.433 e. The molecular formula is C19H16F3N3OS. The number of ketones is 1. The molecule has 3 heterocycles. The van der Waals surface area contributed by atoms with Gasteiger partial charge >= 0.3 is 6.18 Å². The van der Waals surface area contributed by atoms with E-state index in [1.54, 1.807) is 6.20 Å².